The molecule has 5 heteroatoms. The van der Waals surface area contributed by atoms with Gasteiger partial charge in [0, 0.05) is 31.2 Å². The molecule has 3 rings (SSSR count). The zero-order chi connectivity index (χ0) is 17.1. The predicted molar refractivity (Wildman–Crippen MR) is 92.3 cm³/mol. The van der Waals surface area contributed by atoms with Crippen molar-refractivity contribution in [2.24, 2.45) is 5.92 Å². The number of benzene rings is 1. The van der Waals surface area contributed by atoms with E-state index in [1.807, 2.05) is 4.90 Å². The first-order valence-corrected chi connectivity index (χ1v) is 8.91. The predicted octanol–water partition coefficient (Wildman–Crippen LogP) is 2.72. The fourth-order valence-corrected chi connectivity index (χ4v) is 3.93. The monoisotopic (exact) mass is 330 g/mol. The summed E-state index contributed by atoms with van der Waals surface area (Å²) in [6.07, 6.45) is 4.69. The van der Waals surface area contributed by atoms with Crippen molar-refractivity contribution in [3.8, 4) is 0 Å². The maximum Gasteiger partial charge on any atom is 0.335 e. The van der Waals surface area contributed by atoms with Gasteiger partial charge in [0.15, 0.2) is 0 Å². The molecule has 2 aliphatic heterocycles. The highest BCUT2D eigenvalue weighted by Crippen LogP contribution is 2.24. The third-order valence-corrected chi connectivity index (χ3v) is 5.34. The second kappa shape index (κ2) is 7.34. The molecule has 130 valence electrons. The first-order valence-electron chi connectivity index (χ1n) is 8.91. The molecule has 1 aromatic rings. The van der Waals surface area contributed by atoms with Crippen molar-refractivity contribution >= 4 is 11.9 Å². The molecule has 2 fully saturated rings. The van der Waals surface area contributed by atoms with Gasteiger partial charge in [-0.3, -0.25) is 9.69 Å². The van der Waals surface area contributed by atoms with E-state index in [2.05, 4.69) is 11.8 Å². The van der Waals surface area contributed by atoms with Gasteiger partial charge in [-0.15, -0.1) is 0 Å². The van der Waals surface area contributed by atoms with E-state index in [1.165, 1.54) is 38.1 Å². The van der Waals surface area contributed by atoms with E-state index in [-0.39, 0.29) is 11.5 Å². The fraction of sp³-hybridized carbons (Fsp3) is 0.579. The van der Waals surface area contributed by atoms with E-state index in [4.69, 9.17) is 5.11 Å². The molecule has 2 heterocycles. The summed E-state index contributed by atoms with van der Waals surface area (Å²) in [5.74, 6) is -0.172. The molecule has 2 saturated heterocycles. The Morgan fingerprint density at radius 3 is 2.21 bits per heavy atom. The number of likely N-dealkylation sites (tertiary alicyclic amines) is 2. The van der Waals surface area contributed by atoms with Crippen LogP contribution in [0.4, 0.5) is 0 Å². The summed E-state index contributed by atoms with van der Waals surface area (Å²) in [5, 5.41) is 8.93. The molecule has 0 aromatic heterocycles. The Labute approximate surface area is 143 Å². The quantitative estimate of drug-likeness (QED) is 0.926. The summed E-state index contributed by atoms with van der Waals surface area (Å²) < 4.78 is 0. The standard InChI is InChI=1S/C19H26N2O3/c1-14-3-2-10-21(13-14)17-8-11-20(12-9-17)18(22)15-4-6-16(7-5-15)19(23)24/h4-7,14,17H,2-3,8-13H2,1H3,(H,23,24)/t14-/m0/s1. The number of rotatable bonds is 3. The molecule has 0 radical (unpaired) electrons. The fourth-order valence-electron chi connectivity index (χ4n) is 3.93. The van der Waals surface area contributed by atoms with Gasteiger partial charge in [-0.1, -0.05) is 6.92 Å². The Kier molecular flexibility index (Phi) is 5.19. The van der Waals surface area contributed by atoms with Crippen LogP contribution in [0.3, 0.4) is 0 Å². The normalized spacial score (nSPS) is 23.2. The maximum absolute atomic E-state index is 12.6. The van der Waals surface area contributed by atoms with Crippen LogP contribution in [0.1, 0.15) is 53.3 Å². The number of carbonyl (C=O) groups excluding carboxylic acids is 1. The van der Waals surface area contributed by atoms with Crippen LogP contribution in [0.2, 0.25) is 0 Å². The molecule has 1 amide bonds. The summed E-state index contributed by atoms with van der Waals surface area (Å²) >= 11 is 0. The van der Waals surface area contributed by atoms with Crippen molar-refractivity contribution in [3.05, 3.63) is 35.4 Å². The van der Waals surface area contributed by atoms with Gasteiger partial charge in [0.05, 0.1) is 5.56 Å². The van der Waals surface area contributed by atoms with Gasteiger partial charge >= 0.3 is 5.97 Å². The van der Waals surface area contributed by atoms with E-state index < -0.39 is 5.97 Å². The number of carboxylic acids is 1. The highest BCUT2D eigenvalue weighted by atomic mass is 16.4. The van der Waals surface area contributed by atoms with Crippen molar-refractivity contribution in [3.63, 3.8) is 0 Å². The summed E-state index contributed by atoms with van der Waals surface area (Å²) in [7, 11) is 0. The number of carbonyl (C=O) groups is 2. The van der Waals surface area contributed by atoms with Crippen LogP contribution in [0, 0.1) is 5.92 Å². The van der Waals surface area contributed by atoms with Crippen molar-refractivity contribution in [2.45, 2.75) is 38.6 Å². The topological polar surface area (TPSA) is 60.9 Å². The molecule has 0 bridgehead atoms. The third-order valence-electron chi connectivity index (χ3n) is 5.34. The van der Waals surface area contributed by atoms with Crippen LogP contribution in [-0.4, -0.2) is 59.0 Å². The highest BCUT2D eigenvalue weighted by molar-refractivity contribution is 5.95. The lowest BCUT2D eigenvalue weighted by molar-refractivity contribution is 0.0541. The minimum absolute atomic E-state index is 0.0115. The van der Waals surface area contributed by atoms with Gasteiger partial charge in [0.1, 0.15) is 0 Å². The van der Waals surface area contributed by atoms with Crippen LogP contribution in [0.5, 0.6) is 0 Å². The summed E-state index contributed by atoms with van der Waals surface area (Å²) in [6.45, 7) is 6.28. The van der Waals surface area contributed by atoms with E-state index >= 15 is 0 Å². The number of aromatic carboxylic acids is 1. The van der Waals surface area contributed by atoms with Crippen molar-refractivity contribution < 1.29 is 14.7 Å². The Balaban J connectivity index is 1.55. The molecular weight excluding hydrogens is 304 g/mol. The number of hydrogen-bond acceptors (Lipinski definition) is 3. The highest BCUT2D eigenvalue weighted by Gasteiger charge is 2.29. The zero-order valence-corrected chi connectivity index (χ0v) is 14.3. The van der Waals surface area contributed by atoms with Crippen molar-refractivity contribution in [1.82, 2.24) is 9.80 Å². The van der Waals surface area contributed by atoms with Gasteiger partial charge in [0.25, 0.3) is 5.91 Å². The Hall–Kier alpha value is -1.88. The number of hydrogen-bond donors (Lipinski definition) is 1. The molecule has 2 aliphatic rings. The molecule has 1 aromatic carbocycles. The minimum atomic E-state index is -0.967. The molecule has 5 nitrogen and oxygen atoms in total. The lowest BCUT2D eigenvalue weighted by atomic mass is 9.95. The number of carboxylic acid groups (broad SMARTS) is 1. The van der Waals surface area contributed by atoms with Gasteiger partial charge in [-0.25, -0.2) is 4.79 Å². The smallest absolute Gasteiger partial charge is 0.335 e. The number of nitrogens with zero attached hydrogens (tertiary/aromatic N) is 2. The van der Waals surface area contributed by atoms with E-state index in [1.54, 1.807) is 12.1 Å². The van der Waals surface area contributed by atoms with E-state index in [0.717, 1.165) is 31.8 Å². The first kappa shape index (κ1) is 17.0. The second-order valence-electron chi connectivity index (χ2n) is 7.15. The van der Waals surface area contributed by atoms with Crippen LogP contribution >= 0.6 is 0 Å². The molecule has 0 saturated carbocycles. The Bertz CT molecular complexity index is 591. The van der Waals surface area contributed by atoms with Crippen molar-refractivity contribution in [2.75, 3.05) is 26.2 Å². The summed E-state index contributed by atoms with van der Waals surface area (Å²) in [5.41, 5.74) is 0.787. The Morgan fingerprint density at radius 1 is 1.00 bits per heavy atom. The average molecular weight is 330 g/mol. The lowest BCUT2D eigenvalue weighted by Gasteiger charge is -2.41. The molecular formula is C19H26N2O3. The number of piperidine rings is 2. The minimum Gasteiger partial charge on any atom is -0.478 e. The largest absolute Gasteiger partial charge is 0.478 e. The van der Waals surface area contributed by atoms with Crippen LogP contribution < -0.4 is 0 Å². The van der Waals surface area contributed by atoms with Crippen LogP contribution in [0.15, 0.2) is 24.3 Å². The zero-order valence-electron chi connectivity index (χ0n) is 14.3. The van der Waals surface area contributed by atoms with Gasteiger partial charge in [-0.2, -0.15) is 0 Å². The van der Waals surface area contributed by atoms with Crippen LogP contribution in [-0.2, 0) is 0 Å². The molecule has 1 N–H and O–H groups in total. The molecule has 0 aliphatic carbocycles. The van der Waals surface area contributed by atoms with Gasteiger partial charge in [-0.05, 0) is 62.4 Å². The molecule has 0 spiro atoms. The van der Waals surface area contributed by atoms with Crippen LogP contribution in [0.25, 0.3) is 0 Å². The summed E-state index contributed by atoms with van der Waals surface area (Å²) in [4.78, 5) is 28.0. The average Bonchev–Trinajstić information content (AvgIpc) is 2.61. The number of amides is 1. The SMILES string of the molecule is C[C@H]1CCCN(C2CCN(C(=O)c3ccc(C(=O)O)cc3)CC2)C1. The van der Waals surface area contributed by atoms with Gasteiger partial charge in [0.2, 0.25) is 0 Å². The van der Waals surface area contributed by atoms with E-state index in [0.29, 0.717) is 11.6 Å². The molecule has 24 heavy (non-hydrogen) atoms. The Morgan fingerprint density at radius 2 is 1.62 bits per heavy atom. The molecule has 0 unspecified atom stereocenters. The lowest BCUT2D eigenvalue weighted by Crippen LogP contribution is -2.49. The summed E-state index contributed by atoms with van der Waals surface area (Å²) in [6, 6.07) is 6.83. The van der Waals surface area contributed by atoms with E-state index in [9.17, 15) is 9.59 Å². The second-order valence-corrected chi connectivity index (χ2v) is 7.15. The maximum atomic E-state index is 12.6. The van der Waals surface area contributed by atoms with Gasteiger partial charge < -0.3 is 10.0 Å². The van der Waals surface area contributed by atoms with Crippen molar-refractivity contribution in [1.29, 1.82) is 0 Å². The third kappa shape index (κ3) is 3.78. The molecule has 1 atom stereocenters. The first-order chi connectivity index (χ1) is 11.5.